The van der Waals surface area contributed by atoms with E-state index in [1.165, 1.54) is 11.1 Å². The van der Waals surface area contributed by atoms with E-state index >= 15 is 0 Å². The molecule has 2 atom stereocenters. The number of amides is 1. The van der Waals surface area contributed by atoms with Crippen molar-refractivity contribution in [3.8, 4) is 0 Å². The molecule has 2 rings (SSSR count). The molecule has 1 aromatic carbocycles. The van der Waals surface area contributed by atoms with Gasteiger partial charge in [-0.1, -0.05) is 38.1 Å². The van der Waals surface area contributed by atoms with Crippen LogP contribution in [0.4, 0.5) is 0 Å². The molecule has 0 radical (unpaired) electrons. The quantitative estimate of drug-likeness (QED) is 0.837. The van der Waals surface area contributed by atoms with E-state index in [9.17, 15) is 4.79 Å². The van der Waals surface area contributed by atoms with Crippen molar-refractivity contribution in [1.29, 1.82) is 0 Å². The van der Waals surface area contributed by atoms with Gasteiger partial charge in [-0.2, -0.15) is 0 Å². The minimum absolute atomic E-state index is 0. The zero-order valence-corrected chi connectivity index (χ0v) is 15.1. The molecule has 23 heavy (non-hydrogen) atoms. The Labute approximate surface area is 145 Å². The number of rotatable bonds is 6. The second kappa shape index (κ2) is 9.91. The van der Waals surface area contributed by atoms with E-state index in [1.807, 2.05) is 12.1 Å². The molecule has 2 unspecified atom stereocenters. The lowest BCUT2D eigenvalue weighted by atomic mass is 9.93. The summed E-state index contributed by atoms with van der Waals surface area (Å²) in [5, 5.41) is 6.47. The molecular formula is C18H29ClN2O2. The number of carbonyl (C=O) groups excluding carboxylic acids is 1. The molecule has 1 saturated heterocycles. The molecule has 2 N–H and O–H groups in total. The molecule has 1 fully saturated rings. The van der Waals surface area contributed by atoms with Crippen LogP contribution >= 0.6 is 12.4 Å². The fourth-order valence-electron chi connectivity index (χ4n) is 2.92. The molecule has 5 heteroatoms. The van der Waals surface area contributed by atoms with Crippen LogP contribution in [0.5, 0.6) is 0 Å². The SMILES string of the molecule is Cc1ccccc1C(CC(C)C)NC(=O)CC1CNCCO1.Cl. The van der Waals surface area contributed by atoms with Crippen molar-refractivity contribution in [3.05, 3.63) is 35.4 Å². The third kappa shape index (κ3) is 6.50. The van der Waals surface area contributed by atoms with Crippen LogP contribution in [0.25, 0.3) is 0 Å². The van der Waals surface area contributed by atoms with Crippen LogP contribution in [0.15, 0.2) is 24.3 Å². The molecule has 1 aromatic rings. The molecular weight excluding hydrogens is 312 g/mol. The number of benzene rings is 1. The van der Waals surface area contributed by atoms with E-state index in [-0.39, 0.29) is 30.5 Å². The number of carbonyl (C=O) groups is 1. The maximum absolute atomic E-state index is 12.4. The minimum atomic E-state index is -0.00896. The second-order valence-electron chi connectivity index (χ2n) is 6.51. The van der Waals surface area contributed by atoms with Gasteiger partial charge in [0.15, 0.2) is 0 Å². The Morgan fingerprint density at radius 1 is 1.39 bits per heavy atom. The van der Waals surface area contributed by atoms with Gasteiger partial charge in [-0.05, 0) is 30.4 Å². The maximum atomic E-state index is 12.4. The Balaban J connectivity index is 0.00000264. The highest BCUT2D eigenvalue weighted by Crippen LogP contribution is 2.24. The summed E-state index contributed by atoms with van der Waals surface area (Å²) in [5.41, 5.74) is 2.44. The summed E-state index contributed by atoms with van der Waals surface area (Å²) in [6.07, 6.45) is 1.36. The minimum Gasteiger partial charge on any atom is -0.375 e. The fourth-order valence-corrected chi connectivity index (χ4v) is 2.92. The molecule has 1 aliphatic rings. The highest BCUT2D eigenvalue weighted by molar-refractivity contribution is 5.85. The van der Waals surface area contributed by atoms with Crippen LogP contribution in [0.2, 0.25) is 0 Å². The topological polar surface area (TPSA) is 50.4 Å². The summed E-state index contributed by atoms with van der Waals surface area (Å²) < 4.78 is 5.62. The van der Waals surface area contributed by atoms with E-state index in [0.717, 1.165) is 19.5 Å². The Morgan fingerprint density at radius 3 is 2.74 bits per heavy atom. The van der Waals surface area contributed by atoms with Crippen LogP contribution in [0.1, 0.15) is 43.9 Å². The fraction of sp³-hybridized carbons (Fsp3) is 0.611. The molecule has 4 nitrogen and oxygen atoms in total. The highest BCUT2D eigenvalue weighted by Gasteiger charge is 2.21. The zero-order chi connectivity index (χ0) is 15.9. The summed E-state index contributed by atoms with van der Waals surface area (Å²) in [6, 6.07) is 8.36. The Bertz CT molecular complexity index is 488. The van der Waals surface area contributed by atoms with Crippen molar-refractivity contribution in [2.75, 3.05) is 19.7 Å². The number of halogens is 1. The first-order valence-corrected chi connectivity index (χ1v) is 8.23. The van der Waals surface area contributed by atoms with Crippen molar-refractivity contribution in [1.82, 2.24) is 10.6 Å². The molecule has 0 bridgehead atoms. The number of aryl methyl sites for hydroxylation is 1. The average Bonchev–Trinajstić information content (AvgIpc) is 2.47. The first-order chi connectivity index (χ1) is 10.6. The number of nitrogens with one attached hydrogen (secondary N) is 2. The summed E-state index contributed by atoms with van der Waals surface area (Å²) in [4.78, 5) is 12.4. The third-order valence-corrected chi connectivity index (χ3v) is 4.02. The van der Waals surface area contributed by atoms with Gasteiger partial charge >= 0.3 is 0 Å². The van der Waals surface area contributed by atoms with E-state index in [1.54, 1.807) is 0 Å². The molecule has 1 heterocycles. The van der Waals surface area contributed by atoms with Gasteiger partial charge in [0.2, 0.25) is 5.91 Å². The third-order valence-electron chi connectivity index (χ3n) is 4.02. The van der Waals surface area contributed by atoms with E-state index in [2.05, 4.69) is 43.5 Å². The lowest BCUT2D eigenvalue weighted by Gasteiger charge is -2.26. The van der Waals surface area contributed by atoms with Gasteiger partial charge in [0, 0.05) is 13.1 Å². The summed E-state index contributed by atoms with van der Waals surface area (Å²) in [6.45, 7) is 8.79. The summed E-state index contributed by atoms with van der Waals surface area (Å²) in [7, 11) is 0. The molecule has 1 amide bonds. The Hall–Kier alpha value is -1.10. The standard InChI is InChI=1S/C18H28N2O2.ClH/c1-13(2)10-17(16-7-5-4-6-14(16)3)20-18(21)11-15-12-19-8-9-22-15;/h4-7,13,15,17,19H,8-12H2,1-3H3,(H,20,21);1H. The van der Waals surface area contributed by atoms with Gasteiger partial charge in [0.05, 0.1) is 25.2 Å². The normalized spacial score (nSPS) is 19.0. The average molecular weight is 341 g/mol. The number of ether oxygens (including phenoxy) is 1. The van der Waals surface area contributed by atoms with Crippen molar-refractivity contribution < 1.29 is 9.53 Å². The smallest absolute Gasteiger partial charge is 0.223 e. The summed E-state index contributed by atoms with van der Waals surface area (Å²) >= 11 is 0. The second-order valence-corrected chi connectivity index (χ2v) is 6.51. The van der Waals surface area contributed by atoms with Crippen LogP contribution in [0.3, 0.4) is 0 Å². The van der Waals surface area contributed by atoms with Crippen LogP contribution < -0.4 is 10.6 Å². The van der Waals surface area contributed by atoms with Gasteiger partial charge < -0.3 is 15.4 Å². The Morgan fingerprint density at radius 2 is 2.13 bits per heavy atom. The zero-order valence-electron chi connectivity index (χ0n) is 14.3. The van der Waals surface area contributed by atoms with E-state index in [0.29, 0.717) is 18.9 Å². The van der Waals surface area contributed by atoms with Crippen LogP contribution in [-0.4, -0.2) is 31.7 Å². The monoisotopic (exact) mass is 340 g/mol. The molecule has 0 spiro atoms. The lowest BCUT2D eigenvalue weighted by Crippen LogP contribution is -2.42. The van der Waals surface area contributed by atoms with E-state index in [4.69, 9.17) is 4.74 Å². The van der Waals surface area contributed by atoms with Gasteiger partial charge in [-0.25, -0.2) is 0 Å². The van der Waals surface area contributed by atoms with Crippen molar-refractivity contribution in [2.24, 2.45) is 5.92 Å². The van der Waals surface area contributed by atoms with Gasteiger partial charge in [0.1, 0.15) is 0 Å². The lowest BCUT2D eigenvalue weighted by molar-refractivity contribution is -0.125. The van der Waals surface area contributed by atoms with Crippen molar-refractivity contribution >= 4 is 18.3 Å². The highest BCUT2D eigenvalue weighted by atomic mass is 35.5. The summed E-state index contributed by atoms with van der Waals surface area (Å²) in [5.74, 6) is 0.597. The maximum Gasteiger partial charge on any atom is 0.223 e. The molecule has 0 aromatic heterocycles. The van der Waals surface area contributed by atoms with Gasteiger partial charge in [0.25, 0.3) is 0 Å². The first-order valence-electron chi connectivity index (χ1n) is 8.23. The van der Waals surface area contributed by atoms with E-state index < -0.39 is 0 Å². The molecule has 1 aliphatic heterocycles. The van der Waals surface area contributed by atoms with Gasteiger partial charge in [-0.3, -0.25) is 4.79 Å². The predicted molar refractivity (Wildman–Crippen MR) is 96.0 cm³/mol. The molecule has 130 valence electrons. The molecule has 0 aliphatic carbocycles. The van der Waals surface area contributed by atoms with Crippen molar-refractivity contribution in [3.63, 3.8) is 0 Å². The number of hydrogen-bond donors (Lipinski definition) is 2. The number of morpholine rings is 1. The number of hydrogen-bond acceptors (Lipinski definition) is 3. The van der Waals surface area contributed by atoms with Crippen LogP contribution in [-0.2, 0) is 9.53 Å². The predicted octanol–water partition coefficient (Wildman–Crippen LogP) is 3.00. The van der Waals surface area contributed by atoms with Gasteiger partial charge in [-0.15, -0.1) is 12.4 Å². The van der Waals surface area contributed by atoms with Crippen molar-refractivity contribution in [2.45, 2.75) is 45.8 Å². The molecule has 0 saturated carbocycles. The Kier molecular flexibility index (Phi) is 8.59. The van der Waals surface area contributed by atoms with Crippen LogP contribution in [0, 0.1) is 12.8 Å². The first kappa shape index (κ1) is 19.9. The largest absolute Gasteiger partial charge is 0.375 e.